The third-order valence-electron chi connectivity index (χ3n) is 7.05. The second kappa shape index (κ2) is 8.86. The van der Waals surface area contributed by atoms with Gasteiger partial charge in [0.05, 0.1) is 23.4 Å². The van der Waals surface area contributed by atoms with E-state index in [0.29, 0.717) is 25.4 Å². The lowest BCUT2D eigenvalue weighted by molar-refractivity contribution is -0.134. The van der Waals surface area contributed by atoms with Crippen molar-refractivity contribution in [1.29, 1.82) is 0 Å². The van der Waals surface area contributed by atoms with Crippen LogP contribution in [0, 0.1) is 0 Å². The van der Waals surface area contributed by atoms with Crippen molar-refractivity contribution in [2.45, 2.75) is 70.6 Å². The summed E-state index contributed by atoms with van der Waals surface area (Å²) in [5, 5.41) is 5.33. The molecule has 2 amide bonds. The number of rotatable bonds is 6. The number of carbonyl (C=O) groups excluding carboxylic acids is 2. The molecule has 2 aliphatic rings. The Morgan fingerprint density at radius 1 is 1.18 bits per heavy atom. The average molecular weight is 466 g/mol. The number of benzene rings is 1. The Balaban J connectivity index is 1.49. The quantitative estimate of drug-likeness (QED) is 0.559. The maximum atomic E-state index is 13.8. The van der Waals surface area contributed by atoms with Gasteiger partial charge in [0.25, 0.3) is 5.91 Å². The highest BCUT2D eigenvalue weighted by Gasteiger charge is 2.48. The van der Waals surface area contributed by atoms with Gasteiger partial charge in [-0.15, -0.1) is 11.3 Å². The summed E-state index contributed by atoms with van der Waals surface area (Å²) in [7, 11) is 0. The maximum Gasteiger partial charge on any atom is 0.271 e. The Labute approximate surface area is 198 Å². The predicted octanol–water partition coefficient (Wildman–Crippen LogP) is 4.97. The zero-order valence-corrected chi connectivity index (χ0v) is 20.1. The predicted molar refractivity (Wildman–Crippen MR) is 131 cm³/mol. The molecule has 1 aliphatic heterocycles. The van der Waals surface area contributed by atoms with E-state index in [1.807, 2.05) is 60.2 Å². The summed E-state index contributed by atoms with van der Waals surface area (Å²) in [4.78, 5) is 29.3. The molecule has 0 unspecified atom stereocenters. The third-order valence-corrected chi connectivity index (χ3v) is 7.91. The third kappa shape index (κ3) is 4.03. The molecule has 1 fully saturated rings. The molecular formula is C26H31N3O3S. The number of nitrogens with zero attached hydrogens (tertiary/aromatic N) is 2. The van der Waals surface area contributed by atoms with Crippen molar-refractivity contribution in [2.75, 3.05) is 6.61 Å². The van der Waals surface area contributed by atoms with Gasteiger partial charge in [0.1, 0.15) is 17.0 Å². The average Bonchev–Trinajstić information content (AvgIpc) is 3.41. The van der Waals surface area contributed by atoms with E-state index in [9.17, 15) is 9.59 Å². The minimum Gasteiger partial charge on any atom is -0.494 e. The van der Waals surface area contributed by atoms with Crippen LogP contribution < -0.4 is 10.1 Å². The minimum absolute atomic E-state index is 0.0589. The number of nitrogens with one attached hydrogen (secondary N) is 1. The first-order valence-electron chi connectivity index (χ1n) is 11.9. The number of ether oxygens (including phenoxy) is 1. The van der Waals surface area contributed by atoms with Gasteiger partial charge < -0.3 is 19.5 Å². The molecule has 1 N–H and O–H groups in total. The molecule has 1 saturated carbocycles. The monoisotopic (exact) mass is 465 g/mol. The molecule has 0 spiro atoms. The SMILES string of the molecule is CCOc1ccc(CN2C(=O)c3cc4sccc4n3C[C@@]2(C)C(=O)NC2CCCCC2)cc1. The second-order valence-corrected chi connectivity index (χ2v) is 10.3. The highest BCUT2D eigenvalue weighted by Crippen LogP contribution is 2.35. The number of carbonyl (C=O) groups is 2. The van der Waals surface area contributed by atoms with Gasteiger partial charge in [-0.1, -0.05) is 31.4 Å². The summed E-state index contributed by atoms with van der Waals surface area (Å²) in [6.45, 7) is 5.30. The molecule has 0 radical (unpaired) electrons. The molecule has 0 bridgehead atoms. The fraction of sp³-hybridized carbons (Fsp3) is 0.462. The number of fused-ring (bicyclic) bond motifs is 3. The van der Waals surface area contributed by atoms with Gasteiger partial charge in [-0.05, 0) is 61.9 Å². The Bertz CT molecular complexity index is 1160. The van der Waals surface area contributed by atoms with E-state index in [2.05, 4.69) is 5.32 Å². The Hall–Kier alpha value is -2.80. The topological polar surface area (TPSA) is 63.6 Å². The number of hydrogen-bond donors (Lipinski definition) is 1. The molecule has 7 heteroatoms. The van der Waals surface area contributed by atoms with Crippen molar-refractivity contribution in [3.8, 4) is 5.75 Å². The van der Waals surface area contributed by atoms with E-state index in [4.69, 9.17) is 4.74 Å². The van der Waals surface area contributed by atoms with Gasteiger partial charge in [0.2, 0.25) is 5.91 Å². The molecule has 33 heavy (non-hydrogen) atoms. The van der Waals surface area contributed by atoms with Crippen molar-refractivity contribution < 1.29 is 14.3 Å². The van der Waals surface area contributed by atoms with Crippen molar-refractivity contribution in [1.82, 2.24) is 14.8 Å². The summed E-state index contributed by atoms with van der Waals surface area (Å²) in [6, 6.07) is 12.0. The fourth-order valence-electron chi connectivity index (χ4n) is 5.15. The van der Waals surface area contributed by atoms with Crippen LogP contribution in [0.5, 0.6) is 5.75 Å². The van der Waals surface area contributed by atoms with Crippen LogP contribution in [0.25, 0.3) is 10.2 Å². The minimum atomic E-state index is -0.978. The molecule has 0 saturated heterocycles. The number of amides is 2. The molecule has 2 aromatic heterocycles. The molecule has 6 nitrogen and oxygen atoms in total. The van der Waals surface area contributed by atoms with E-state index in [1.54, 1.807) is 16.2 Å². The van der Waals surface area contributed by atoms with Crippen molar-refractivity contribution in [2.24, 2.45) is 0 Å². The molecule has 3 aromatic rings. The Morgan fingerprint density at radius 3 is 2.67 bits per heavy atom. The standard InChI is InChI=1S/C26H31N3O3S/c1-3-32-20-11-9-18(10-12-20)16-29-24(30)22-15-23-21(13-14-33-23)28(22)17-26(29,2)25(31)27-19-7-5-4-6-8-19/h9-15,19H,3-8,16-17H2,1-2H3,(H,27,31)/t26-/m0/s1. The zero-order valence-electron chi connectivity index (χ0n) is 19.3. The van der Waals surface area contributed by atoms with Crippen LogP contribution in [0.15, 0.2) is 41.8 Å². The lowest BCUT2D eigenvalue weighted by Crippen LogP contribution is -2.64. The molecule has 174 valence electrons. The summed E-state index contributed by atoms with van der Waals surface area (Å²) < 4.78 is 8.67. The first-order chi connectivity index (χ1) is 16.0. The van der Waals surface area contributed by atoms with Crippen molar-refractivity contribution in [3.63, 3.8) is 0 Å². The molecule has 3 heterocycles. The number of aromatic nitrogens is 1. The van der Waals surface area contributed by atoms with Crippen LogP contribution in [-0.2, 0) is 17.9 Å². The smallest absolute Gasteiger partial charge is 0.271 e. The van der Waals surface area contributed by atoms with Crippen molar-refractivity contribution in [3.05, 3.63) is 53.0 Å². The van der Waals surface area contributed by atoms with Crippen LogP contribution in [0.3, 0.4) is 0 Å². The van der Waals surface area contributed by atoms with E-state index in [-0.39, 0.29) is 17.9 Å². The van der Waals surface area contributed by atoms with Crippen LogP contribution in [0.4, 0.5) is 0 Å². The highest BCUT2D eigenvalue weighted by molar-refractivity contribution is 7.17. The van der Waals surface area contributed by atoms with Crippen molar-refractivity contribution >= 4 is 33.4 Å². The number of thiophene rings is 1. The lowest BCUT2D eigenvalue weighted by Gasteiger charge is -2.45. The van der Waals surface area contributed by atoms with E-state index in [1.165, 1.54) is 6.42 Å². The zero-order chi connectivity index (χ0) is 23.0. The van der Waals surface area contributed by atoms with Gasteiger partial charge in [0.15, 0.2) is 0 Å². The summed E-state index contributed by atoms with van der Waals surface area (Å²) in [6.07, 6.45) is 5.55. The van der Waals surface area contributed by atoms with E-state index < -0.39 is 5.54 Å². The fourth-order valence-corrected chi connectivity index (χ4v) is 5.97. The van der Waals surface area contributed by atoms with Gasteiger partial charge in [-0.2, -0.15) is 0 Å². The van der Waals surface area contributed by atoms with Crippen LogP contribution in [-0.4, -0.2) is 39.5 Å². The summed E-state index contributed by atoms with van der Waals surface area (Å²) in [5.41, 5.74) is 1.69. The lowest BCUT2D eigenvalue weighted by atomic mass is 9.91. The number of hydrogen-bond acceptors (Lipinski definition) is 4. The molecule has 1 aromatic carbocycles. The van der Waals surface area contributed by atoms with Crippen LogP contribution >= 0.6 is 11.3 Å². The molecular weight excluding hydrogens is 434 g/mol. The Morgan fingerprint density at radius 2 is 1.94 bits per heavy atom. The van der Waals surface area contributed by atoms with Gasteiger partial charge in [0, 0.05) is 12.6 Å². The van der Waals surface area contributed by atoms with Gasteiger partial charge >= 0.3 is 0 Å². The Kier molecular flexibility index (Phi) is 5.91. The maximum absolute atomic E-state index is 13.8. The molecule has 1 atom stereocenters. The summed E-state index contributed by atoms with van der Waals surface area (Å²) in [5.74, 6) is 0.648. The second-order valence-electron chi connectivity index (χ2n) is 9.34. The largest absolute Gasteiger partial charge is 0.494 e. The first kappa shape index (κ1) is 22.0. The normalized spacial score (nSPS) is 21.3. The van der Waals surface area contributed by atoms with E-state index in [0.717, 1.165) is 47.2 Å². The highest BCUT2D eigenvalue weighted by atomic mass is 32.1. The van der Waals surface area contributed by atoms with Crippen LogP contribution in [0.2, 0.25) is 0 Å². The van der Waals surface area contributed by atoms with Crippen LogP contribution in [0.1, 0.15) is 62.0 Å². The van der Waals surface area contributed by atoms with Gasteiger partial charge in [-0.3, -0.25) is 9.59 Å². The van der Waals surface area contributed by atoms with E-state index >= 15 is 0 Å². The summed E-state index contributed by atoms with van der Waals surface area (Å²) >= 11 is 1.63. The first-order valence-corrected chi connectivity index (χ1v) is 12.8. The molecule has 5 rings (SSSR count). The van der Waals surface area contributed by atoms with Gasteiger partial charge in [-0.25, -0.2) is 0 Å². The molecule has 1 aliphatic carbocycles.